The van der Waals surface area contributed by atoms with E-state index in [1.807, 2.05) is 17.0 Å². The van der Waals surface area contributed by atoms with Crippen LogP contribution in [0.2, 0.25) is 0 Å². The summed E-state index contributed by atoms with van der Waals surface area (Å²) in [7, 11) is 0. The van der Waals surface area contributed by atoms with Crippen LogP contribution >= 0.6 is 0 Å². The van der Waals surface area contributed by atoms with Crippen molar-refractivity contribution in [2.45, 2.75) is 19.4 Å². The number of piperazine rings is 1. The molecule has 2 aromatic rings. The van der Waals surface area contributed by atoms with E-state index in [0.717, 1.165) is 11.4 Å². The highest BCUT2D eigenvalue weighted by molar-refractivity contribution is 6.01. The molecular weight excluding hydrogens is 358 g/mol. The van der Waals surface area contributed by atoms with Gasteiger partial charge in [0.05, 0.1) is 12.7 Å². The van der Waals surface area contributed by atoms with Crippen molar-refractivity contribution in [1.29, 1.82) is 0 Å². The first kappa shape index (κ1) is 18.1. The monoisotopic (exact) mass is 379 g/mol. The first-order chi connectivity index (χ1) is 13.6. The number of benzene rings is 1. The van der Waals surface area contributed by atoms with Crippen LogP contribution < -0.4 is 4.90 Å². The lowest BCUT2D eigenvalue weighted by molar-refractivity contribution is -0.139. The standard InChI is InChI=1S/C20H21N5O3/c26-18-5-6-19(27)25(18)14-15-1-3-16(4-2-15)20(28)24-11-9-23(10-12-24)17-13-21-7-8-22-17/h1-4,7-8,13H,5-6,9-12,14H2. The van der Waals surface area contributed by atoms with Gasteiger partial charge in [-0.05, 0) is 17.7 Å². The molecule has 8 heteroatoms. The fraction of sp³-hybridized carbons (Fsp3) is 0.350. The molecule has 0 bridgehead atoms. The van der Waals surface area contributed by atoms with Gasteiger partial charge < -0.3 is 9.80 Å². The molecule has 0 radical (unpaired) electrons. The highest BCUT2D eigenvalue weighted by Crippen LogP contribution is 2.18. The molecule has 1 aromatic heterocycles. The Bertz CT molecular complexity index is 860. The van der Waals surface area contributed by atoms with Gasteiger partial charge in [0.1, 0.15) is 5.82 Å². The molecular formula is C20H21N5O3. The number of carbonyl (C=O) groups excluding carboxylic acids is 3. The first-order valence-corrected chi connectivity index (χ1v) is 9.34. The van der Waals surface area contributed by atoms with E-state index in [9.17, 15) is 14.4 Å². The van der Waals surface area contributed by atoms with Crippen LogP contribution in [-0.4, -0.2) is 63.7 Å². The molecule has 4 rings (SSSR count). The zero-order valence-corrected chi connectivity index (χ0v) is 15.5. The van der Waals surface area contributed by atoms with Gasteiger partial charge in [0.15, 0.2) is 0 Å². The lowest BCUT2D eigenvalue weighted by atomic mass is 10.1. The molecule has 0 saturated carbocycles. The van der Waals surface area contributed by atoms with E-state index in [-0.39, 0.29) is 37.1 Å². The van der Waals surface area contributed by atoms with E-state index in [0.29, 0.717) is 31.7 Å². The number of anilines is 1. The molecule has 2 fully saturated rings. The summed E-state index contributed by atoms with van der Waals surface area (Å²) < 4.78 is 0. The second-order valence-corrected chi connectivity index (χ2v) is 6.91. The van der Waals surface area contributed by atoms with E-state index >= 15 is 0 Å². The maximum atomic E-state index is 12.8. The molecule has 0 N–H and O–H groups in total. The van der Waals surface area contributed by atoms with E-state index in [4.69, 9.17) is 0 Å². The van der Waals surface area contributed by atoms with Crippen LogP contribution in [-0.2, 0) is 16.1 Å². The third-order valence-electron chi connectivity index (χ3n) is 5.14. The quantitative estimate of drug-likeness (QED) is 0.739. The second-order valence-electron chi connectivity index (χ2n) is 6.91. The van der Waals surface area contributed by atoms with Crippen LogP contribution in [0.5, 0.6) is 0 Å². The fourth-order valence-corrected chi connectivity index (χ4v) is 3.51. The average molecular weight is 379 g/mol. The molecule has 0 unspecified atom stereocenters. The molecule has 0 spiro atoms. The molecule has 8 nitrogen and oxygen atoms in total. The van der Waals surface area contributed by atoms with Crippen LogP contribution in [0.3, 0.4) is 0 Å². The summed E-state index contributed by atoms with van der Waals surface area (Å²) in [4.78, 5) is 49.8. The van der Waals surface area contributed by atoms with Crippen LogP contribution in [0.1, 0.15) is 28.8 Å². The minimum absolute atomic E-state index is 0.0151. The number of nitrogens with zero attached hydrogens (tertiary/aromatic N) is 5. The molecule has 2 aliphatic rings. The Morgan fingerprint density at radius 2 is 1.61 bits per heavy atom. The van der Waals surface area contributed by atoms with Gasteiger partial charge >= 0.3 is 0 Å². The van der Waals surface area contributed by atoms with Gasteiger partial charge in [-0.25, -0.2) is 4.98 Å². The minimum atomic E-state index is -0.133. The van der Waals surface area contributed by atoms with Gasteiger partial charge in [0.25, 0.3) is 5.91 Å². The molecule has 0 atom stereocenters. The fourth-order valence-electron chi connectivity index (χ4n) is 3.51. The molecule has 3 heterocycles. The summed E-state index contributed by atoms with van der Waals surface area (Å²) >= 11 is 0. The first-order valence-electron chi connectivity index (χ1n) is 9.34. The number of aromatic nitrogens is 2. The van der Waals surface area contributed by atoms with Gasteiger partial charge in [-0.3, -0.25) is 24.3 Å². The minimum Gasteiger partial charge on any atom is -0.352 e. The Balaban J connectivity index is 1.35. The van der Waals surface area contributed by atoms with E-state index in [1.54, 1.807) is 30.7 Å². The lowest BCUT2D eigenvalue weighted by Crippen LogP contribution is -2.49. The number of carbonyl (C=O) groups is 3. The van der Waals surface area contributed by atoms with Crippen LogP contribution in [0.15, 0.2) is 42.9 Å². The summed E-state index contributed by atoms with van der Waals surface area (Å²) in [6, 6.07) is 7.14. The van der Waals surface area contributed by atoms with E-state index < -0.39 is 0 Å². The summed E-state index contributed by atoms with van der Waals surface area (Å²) in [6.45, 7) is 2.92. The molecule has 3 amide bonds. The Morgan fingerprint density at radius 1 is 0.929 bits per heavy atom. The molecule has 1 aromatic carbocycles. The van der Waals surface area contributed by atoms with E-state index in [1.165, 1.54) is 4.90 Å². The van der Waals surface area contributed by atoms with Crippen molar-refractivity contribution in [2.75, 3.05) is 31.1 Å². The Morgan fingerprint density at radius 3 is 2.21 bits per heavy atom. The van der Waals surface area contributed by atoms with Crippen LogP contribution in [0.4, 0.5) is 5.82 Å². The van der Waals surface area contributed by atoms with Crippen LogP contribution in [0.25, 0.3) is 0 Å². The van der Waals surface area contributed by atoms with Crippen molar-refractivity contribution in [3.05, 3.63) is 54.0 Å². The average Bonchev–Trinajstić information content (AvgIpc) is 3.06. The summed E-state index contributed by atoms with van der Waals surface area (Å²) in [5.41, 5.74) is 1.45. The largest absolute Gasteiger partial charge is 0.352 e. The smallest absolute Gasteiger partial charge is 0.253 e. The van der Waals surface area contributed by atoms with Crippen molar-refractivity contribution in [1.82, 2.24) is 19.8 Å². The van der Waals surface area contributed by atoms with E-state index in [2.05, 4.69) is 14.9 Å². The van der Waals surface area contributed by atoms with Gasteiger partial charge in [-0.1, -0.05) is 12.1 Å². The highest BCUT2D eigenvalue weighted by atomic mass is 16.2. The molecule has 0 aliphatic carbocycles. The number of hydrogen-bond acceptors (Lipinski definition) is 6. The van der Waals surface area contributed by atoms with Crippen molar-refractivity contribution in [3.63, 3.8) is 0 Å². The SMILES string of the molecule is O=C(c1ccc(CN2C(=O)CCC2=O)cc1)N1CCN(c2cnccn2)CC1. The predicted octanol–water partition coefficient (Wildman–Crippen LogP) is 1.09. The van der Waals surface area contributed by atoms with Crippen molar-refractivity contribution in [3.8, 4) is 0 Å². The Kier molecular flexibility index (Phi) is 5.01. The highest BCUT2D eigenvalue weighted by Gasteiger charge is 2.29. The summed E-state index contributed by atoms with van der Waals surface area (Å²) in [6.07, 6.45) is 5.61. The van der Waals surface area contributed by atoms with Crippen LogP contribution in [0, 0.1) is 0 Å². The van der Waals surface area contributed by atoms with Gasteiger partial charge in [-0.2, -0.15) is 0 Å². The number of imide groups is 1. The molecule has 2 aliphatic heterocycles. The zero-order chi connectivity index (χ0) is 19.5. The van der Waals surface area contributed by atoms with Crippen molar-refractivity contribution < 1.29 is 14.4 Å². The topological polar surface area (TPSA) is 86.7 Å². The Labute approximate surface area is 162 Å². The number of amides is 3. The third kappa shape index (κ3) is 3.71. The van der Waals surface area contributed by atoms with Crippen molar-refractivity contribution in [2.24, 2.45) is 0 Å². The maximum Gasteiger partial charge on any atom is 0.253 e. The van der Waals surface area contributed by atoms with Gasteiger partial charge in [0, 0.05) is 57.0 Å². The zero-order valence-electron chi connectivity index (χ0n) is 15.5. The number of rotatable bonds is 4. The second kappa shape index (κ2) is 7.75. The number of likely N-dealkylation sites (tertiary alicyclic amines) is 1. The third-order valence-corrected chi connectivity index (χ3v) is 5.14. The normalized spacial score (nSPS) is 17.4. The maximum absolute atomic E-state index is 12.8. The summed E-state index contributed by atoms with van der Waals surface area (Å²) in [5.74, 6) is 0.542. The predicted molar refractivity (Wildman–Crippen MR) is 101 cm³/mol. The van der Waals surface area contributed by atoms with Gasteiger partial charge in [0.2, 0.25) is 11.8 Å². The lowest BCUT2D eigenvalue weighted by Gasteiger charge is -2.35. The van der Waals surface area contributed by atoms with Crippen molar-refractivity contribution >= 4 is 23.5 Å². The summed E-state index contributed by atoms with van der Waals surface area (Å²) in [5, 5.41) is 0. The molecule has 2 saturated heterocycles. The molecule has 28 heavy (non-hydrogen) atoms. The molecule has 144 valence electrons. The van der Waals surface area contributed by atoms with Gasteiger partial charge in [-0.15, -0.1) is 0 Å². The number of hydrogen-bond donors (Lipinski definition) is 0. The Hall–Kier alpha value is -3.29.